The first kappa shape index (κ1) is 13.5. The first-order valence-electron chi connectivity index (χ1n) is 5.89. The fourth-order valence-corrected chi connectivity index (χ4v) is 2.44. The average molecular weight is 276 g/mol. The van der Waals surface area contributed by atoms with E-state index in [0.29, 0.717) is 12.2 Å². The number of hydrogen-bond acceptors (Lipinski definition) is 5. The molecule has 0 amide bonds. The lowest BCUT2D eigenvalue weighted by Gasteiger charge is -2.12. The molecular weight excluding hydrogens is 260 g/mol. The number of oxime groups is 1. The van der Waals surface area contributed by atoms with Gasteiger partial charge in [0.2, 0.25) is 0 Å². The molecule has 0 aromatic carbocycles. The number of nitrogens with two attached hydrogens (primary N) is 1. The predicted octanol–water partition coefficient (Wildman–Crippen LogP) is 2.09. The molecule has 0 radical (unpaired) electrons. The largest absolute Gasteiger partial charge is 0.409 e. The molecule has 0 aliphatic heterocycles. The minimum Gasteiger partial charge on any atom is -0.409 e. The van der Waals surface area contributed by atoms with Crippen molar-refractivity contribution >= 4 is 17.2 Å². The molecule has 2 aromatic rings. The molecule has 4 N–H and O–H groups in total. The van der Waals surface area contributed by atoms with Gasteiger partial charge in [-0.1, -0.05) is 5.16 Å². The summed E-state index contributed by atoms with van der Waals surface area (Å²) in [4.78, 5) is 4.05. The maximum atomic E-state index is 8.63. The predicted molar refractivity (Wildman–Crippen MR) is 76.3 cm³/mol. The van der Waals surface area contributed by atoms with Gasteiger partial charge in [0.1, 0.15) is 5.69 Å². The number of nitrogens with zero attached hydrogens (tertiary/aromatic N) is 2. The van der Waals surface area contributed by atoms with E-state index in [1.54, 1.807) is 17.5 Å². The summed E-state index contributed by atoms with van der Waals surface area (Å²) in [6.45, 7) is 2.82. The number of pyridine rings is 1. The Kier molecular flexibility index (Phi) is 4.48. The first-order valence-corrected chi connectivity index (χ1v) is 6.83. The third-order valence-corrected chi connectivity index (χ3v) is 3.55. The molecule has 100 valence electrons. The maximum Gasteiger partial charge on any atom is 0.188 e. The molecule has 0 bridgehead atoms. The van der Waals surface area contributed by atoms with Gasteiger partial charge in [-0.2, -0.15) is 11.3 Å². The highest BCUT2D eigenvalue weighted by Gasteiger charge is 2.06. The molecule has 0 aliphatic carbocycles. The summed E-state index contributed by atoms with van der Waals surface area (Å²) in [7, 11) is 0. The maximum absolute atomic E-state index is 8.63. The van der Waals surface area contributed by atoms with Crippen LogP contribution in [0.3, 0.4) is 0 Å². The second kappa shape index (κ2) is 6.31. The van der Waals surface area contributed by atoms with E-state index in [1.165, 1.54) is 5.56 Å². The Hall–Kier alpha value is -1.92. The van der Waals surface area contributed by atoms with E-state index in [4.69, 9.17) is 10.9 Å². The summed E-state index contributed by atoms with van der Waals surface area (Å²) in [6.07, 6.45) is 1.65. The molecule has 2 heterocycles. The summed E-state index contributed by atoms with van der Waals surface area (Å²) >= 11 is 1.69. The number of rotatable bonds is 5. The fourth-order valence-electron chi connectivity index (χ4n) is 1.69. The molecule has 0 saturated heterocycles. The van der Waals surface area contributed by atoms with Crippen molar-refractivity contribution < 1.29 is 5.21 Å². The molecule has 5 nitrogen and oxygen atoms in total. The highest BCUT2D eigenvalue weighted by atomic mass is 32.1. The van der Waals surface area contributed by atoms with E-state index in [2.05, 4.69) is 39.2 Å². The van der Waals surface area contributed by atoms with Crippen molar-refractivity contribution in [2.75, 3.05) is 0 Å². The van der Waals surface area contributed by atoms with Crippen LogP contribution in [0.4, 0.5) is 0 Å². The third kappa shape index (κ3) is 3.52. The molecule has 0 spiro atoms. The minimum absolute atomic E-state index is 0.0210. The molecule has 6 heteroatoms. The van der Waals surface area contributed by atoms with Gasteiger partial charge in [-0.25, -0.2) is 0 Å². The summed E-state index contributed by atoms with van der Waals surface area (Å²) in [5, 5.41) is 19.2. The van der Waals surface area contributed by atoms with Crippen LogP contribution in [0, 0.1) is 0 Å². The molecule has 1 atom stereocenters. The van der Waals surface area contributed by atoms with Crippen LogP contribution < -0.4 is 11.1 Å². The molecule has 0 fully saturated rings. The second-order valence-corrected chi connectivity index (χ2v) is 4.97. The van der Waals surface area contributed by atoms with Crippen LogP contribution in [0.1, 0.15) is 29.8 Å². The van der Waals surface area contributed by atoms with Crippen LogP contribution in [0.25, 0.3) is 0 Å². The second-order valence-electron chi connectivity index (χ2n) is 4.19. The molecule has 2 rings (SSSR count). The van der Waals surface area contributed by atoms with Crippen molar-refractivity contribution in [3.05, 3.63) is 52.0 Å². The standard InChI is InChI=1S/C13H16N4OS/c1-9(11-3-5-19-8-11)16-7-10-2-4-15-12(6-10)13(14)17-18/h2-6,8-9,16,18H,7H2,1H3,(H2,14,17). The van der Waals surface area contributed by atoms with Crippen LogP contribution in [-0.2, 0) is 6.54 Å². The summed E-state index contributed by atoms with van der Waals surface area (Å²) in [6, 6.07) is 6.10. The Morgan fingerprint density at radius 3 is 3.11 bits per heavy atom. The van der Waals surface area contributed by atoms with Crippen molar-refractivity contribution in [2.24, 2.45) is 10.9 Å². The van der Waals surface area contributed by atoms with Gasteiger partial charge in [0, 0.05) is 18.8 Å². The Balaban J connectivity index is 2.00. The Morgan fingerprint density at radius 2 is 2.42 bits per heavy atom. The van der Waals surface area contributed by atoms with Crippen molar-refractivity contribution in [1.29, 1.82) is 0 Å². The van der Waals surface area contributed by atoms with Gasteiger partial charge in [-0.15, -0.1) is 0 Å². The van der Waals surface area contributed by atoms with Crippen LogP contribution in [0.2, 0.25) is 0 Å². The smallest absolute Gasteiger partial charge is 0.188 e. The lowest BCUT2D eigenvalue weighted by molar-refractivity contribution is 0.318. The molecule has 1 unspecified atom stereocenters. The van der Waals surface area contributed by atoms with Crippen LogP contribution in [-0.4, -0.2) is 16.0 Å². The quantitative estimate of drug-likeness (QED) is 0.338. The molecular formula is C13H16N4OS. The Morgan fingerprint density at radius 1 is 1.58 bits per heavy atom. The third-order valence-electron chi connectivity index (χ3n) is 2.85. The normalized spacial score (nSPS) is 13.4. The molecule has 2 aromatic heterocycles. The van der Waals surface area contributed by atoms with E-state index in [-0.39, 0.29) is 11.9 Å². The monoisotopic (exact) mass is 276 g/mol. The van der Waals surface area contributed by atoms with Crippen molar-refractivity contribution in [3.8, 4) is 0 Å². The molecule has 19 heavy (non-hydrogen) atoms. The number of amidine groups is 1. The number of hydrogen-bond donors (Lipinski definition) is 3. The van der Waals surface area contributed by atoms with E-state index in [0.717, 1.165) is 5.56 Å². The van der Waals surface area contributed by atoms with E-state index in [1.807, 2.05) is 12.1 Å². The van der Waals surface area contributed by atoms with Gasteiger partial charge in [0.15, 0.2) is 5.84 Å². The summed E-state index contributed by atoms with van der Waals surface area (Å²) < 4.78 is 0. The SMILES string of the molecule is CC(NCc1ccnc(C(N)=NO)c1)c1ccsc1. The average Bonchev–Trinajstić information content (AvgIpc) is 2.98. The van der Waals surface area contributed by atoms with Crippen molar-refractivity contribution in [3.63, 3.8) is 0 Å². The van der Waals surface area contributed by atoms with Crippen LogP contribution in [0.15, 0.2) is 40.3 Å². The first-order chi connectivity index (χ1) is 9.20. The van der Waals surface area contributed by atoms with Gasteiger partial charge in [-0.3, -0.25) is 4.98 Å². The van der Waals surface area contributed by atoms with Gasteiger partial charge < -0.3 is 16.3 Å². The Labute approximate surface area is 115 Å². The summed E-state index contributed by atoms with van der Waals surface area (Å²) in [5.41, 5.74) is 8.31. The number of nitrogens with one attached hydrogen (secondary N) is 1. The fraction of sp³-hybridized carbons (Fsp3) is 0.231. The van der Waals surface area contributed by atoms with Gasteiger partial charge in [0.25, 0.3) is 0 Å². The lowest BCUT2D eigenvalue weighted by Crippen LogP contribution is -2.19. The zero-order chi connectivity index (χ0) is 13.7. The van der Waals surface area contributed by atoms with E-state index >= 15 is 0 Å². The Bertz CT molecular complexity index is 554. The van der Waals surface area contributed by atoms with Gasteiger partial charge in [-0.05, 0) is 47.0 Å². The van der Waals surface area contributed by atoms with Crippen molar-refractivity contribution in [2.45, 2.75) is 19.5 Å². The number of thiophene rings is 1. The molecule has 0 saturated carbocycles. The topological polar surface area (TPSA) is 83.5 Å². The minimum atomic E-state index is 0.0210. The van der Waals surface area contributed by atoms with E-state index < -0.39 is 0 Å². The van der Waals surface area contributed by atoms with Gasteiger partial charge in [0.05, 0.1) is 0 Å². The zero-order valence-electron chi connectivity index (χ0n) is 10.6. The summed E-state index contributed by atoms with van der Waals surface area (Å²) in [5.74, 6) is 0.0210. The highest BCUT2D eigenvalue weighted by Crippen LogP contribution is 2.16. The van der Waals surface area contributed by atoms with E-state index in [9.17, 15) is 0 Å². The highest BCUT2D eigenvalue weighted by molar-refractivity contribution is 7.07. The zero-order valence-corrected chi connectivity index (χ0v) is 11.4. The van der Waals surface area contributed by atoms with Gasteiger partial charge >= 0.3 is 0 Å². The van der Waals surface area contributed by atoms with Crippen molar-refractivity contribution in [1.82, 2.24) is 10.3 Å². The molecule has 0 aliphatic rings. The lowest BCUT2D eigenvalue weighted by atomic mass is 10.1. The van der Waals surface area contributed by atoms with Crippen LogP contribution in [0.5, 0.6) is 0 Å². The number of aromatic nitrogens is 1. The van der Waals surface area contributed by atoms with Crippen LogP contribution >= 0.6 is 11.3 Å².